The molecule has 0 spiro atoms. The number of rotatable bonds is 7. The molecule has 2 unspecified atom stereocenters. The first-order chi connectivity index (χ1) is 11.7. The van der Waals surface area contributed by atoms with Crippen molar-refractivity contribution in [2.45, 2.75) is 31.9 Å². The van der Waals surface area contributed by atoms with Gasteiger partial charge < -0.3 is 14.8 Å². The predicted molar refractivity (Wildman–Crippen MR) is 96.8 cm³/mol. The standard InChI is InChI=1S/C16H23ClN2O5S/c1-11(16(20)18-10-13-5-4-8-24-13)19(25(3,21)22)12-6-7-15(23-2)14(17)9-12/h6-7,9,11,13H,4-5,8,10H2,1-3H3,(H,18,20). The van der Waals surface area contributed by atoms with Gasteiger partial charge in [0.2, 0.25) is 15.9 Å². The fourth-order valence-corrected chi connectivity index (χ4v) is 4.19. The molecular weight excluding hydrogens is 368 g/mol. The van der Waals surface area contributed by atoms with Gasteiger partial charge >= 0.3 is 0 Å². The third-order valence-electron chi connectivity index (χ3n) is 4.01. The summed E-state index contributed by atoms with van der Waals surface area (Å²) in [5.74, 6) is 0.0298. The molecule has 1 saturated heterocycles. The molecule has 1 aromatic carbocycles. The Morgan fingerprint density at radius 1 is 1.52 bits per heavy atom. The maximum atomic E-state index is 12.4. The molecule has 25 heavy (non-hydrogen) atoms. The highest BCUT2D eigenvalue weighted by atomic mass is 35.5. The van der Waals surface area contributed by atoms with Gasteiger partial charge in [-0.25, -0.2) is 8.42 Å². The zero-order valence-electron chi connectivity index (χ0n) is 14.5. The number of anilines is 1. The molecule has 0 aliphatic carbocycles. The average Bonchev–Trinajstić information content (AvgIpc) is 3.05. The number of carbonyl (C=O) groups is 1. The summed E-state index contributed by atoms with van der Waals surface area (Å²) >= 11 is 6.09. The van der Waals surface area contributed by atoms with Gasteiger partial charge in [-0.05, 0) is 38.0 Å². The fraction of sp³-hybridized carbons (Fsp3) is 0.562. The van der Waals surface area contributed by atoms with Crippen LogP contribution in [0.15, 0.2) is 18.2 Å². The molecule has 0 bridgehead atoms. The van der Waals surface area contributed by atoms with Crippen LogP contribution in [0.4, 0.5) is 5.69 Å². The third kappa shape index (κ3) is 4.99. The molecule has 1 N–H and O–H groups in total. The lowest BCUT2D eigenvalue weighted by Gasteiger charge is -2.28. The van der Waals surface area contributed by atoms with Crippen LogP contribution in [-0.2, 0) is 19.6 Å². The fourth-order valence-electron chi connectivity index (χ4n) is 2.77. The SMILES string of the molecule is COc1ccc(N(C(C)C(=O)NCC2CCCO2)S(C)(=O)=O)cc1Cl. The van der Waals surface area contributed by atoms with Crippen molar-refractivity contribution in [1.82, 2.24) is 5.32 Å². The first kappa shape index (κ1) is 19.8. The molecule has 2 atom stereocenters. The first-order valence-electron chi connectivity index (χ1n) is 7.96. The van der Waals surface area contributed by atoms with Crippen LogP contribution >= 0.6 is 11.6 Å². The van der Waals surface area contributed by atoms with Gasteiger partial charge in [-0.15, -0.1) is 0 Å². The van der Waals surface area contributed by atoms with E-state index in [1.807, 2.05) is 0 Å². The van der Waals surface area contributed by atoms with Crippen LogP contribution in [0.3, 0.4) is 0 Å². The molecule has 1 aliphatic rings. The summed E-state index contributed by atoms with van der Waals surface area (Å²) in [5, 5.41) is 3.02. The van der Waals surface area contributed by atoms with Crippen molar-refractivity contribution in [3.8, 4) is 5.75 Å². The zero-order valence-corrected chi connectivity index (χ0v) is 16.1. The van der Waals surface area contributed by atoms with E-state index in [0.29, 0.717) is 24.6 Å². The minimum Gasteiger partial charge on any atom is -0.495 e. The van der Waals surface area contributed by atoms with Gasteiger partial charge in [0.1, 0.15) is 11.8 Å². The van der Waals surface area contributed by atoms with E-state index in [0.717, 1.165) is 23.4 Å². The molecule has 1 aromatic rings. The van der Waals surface area contributed by atoms with Gasteiger partial charge in [0, 0.05) is 13.2 Å². The number of methoxy groups -OCH3 is 1. The summed E-state index contributed by atoms with van der Waals surface area (Å²) in [5.41, 5.74) is 0.299. The van der Waals surface area contributed by atoms with Crippen LogP contribution in [0.25, 0.3) is 0 Å². The molecule has 9 heteroatoms. The number of sulfonamides is 1. The van der Waals surface area contributed by atoms with E-state index < -0.39 is 22.0 Å². The number of hydrogen-bond donors (Lipinski definition) is 1. The van der Waals surface area contributed by atoms with Gasteiger partial charge in [-0.1, -0.05) is 11.6 Å². The van der Waals surface area contributed by atoms with E-state index >= 15 is 0 Å². The number of hydrogen-bond acceptors (Lipinski definition) is 5. The van der Waals surface area contributed by atoms with E-state index in [-0.39, 0.29) is 11.1 Å². The molecule has 0 aromatic heterocycles. The Labute approximate surface area is 153 Å². The normalized spacial score (nSPS) is 18.6. The van der Waals surface area contributed by atoms with E-state index in [1.54, 1.807) is 12.1 Å². The second kappa shape index (κ2) is 8.25. The van der Waals surface area contributed by atoms with Crippen molar-refractivity contribution in [3.05, 3.63) is 23.2 Å². The highest BCUT2D eigenvalue weighted by Crippen LogP contribution is 2.31. The van der Waals surface area contributed by atoms with Crippen molar-refractivity contribution in [2.24, 2.45) is 0 Å². The maximum Gasteiger partial charge on any atom is 0.243 e. The van der Waals surface area contributed by atoms with Crippen LogP contribution in [0, 0.1) is 0 Å². The molecule has 0 saturated carbocycles. The third-order valence-corrected chi connectivity index (χ3v) is 5.54. The van der Waals surface area contributed by atoms with Crippen LogP contribution in [0.5, 0.6) is 5.75 Å². The van der Waals surface area contributed by atoms with E-state index in [1.165, 1.54) is 20.1 Å². The number of halogens is 1. The summed E-state index contributed by atoms with van der Waals surface area (Å²) in [6.45, 7) is 2.59. The van der Waals surface area contributed by atoms with Crippen molar-refractivity contribution in [2.75, 3.05) is 30.8 Å². The average molecular weight is 391 g/mol. The number of nitrogens with zero attached hydrogens (tertiary/aromatic N) is 1. The van der Waals surface area contributed by atoms with E-state index in [9.17, 15) is 13.2 Å². The molecule has 1 heterocycles. The van der Waals surface area contributed by atoms with Crippen LogP contribution in [-0.4, -0.2) is 53.0 Å². The molecule has 2 rings (SSSR count). The van der Waals surface area contributed by atoms with Crippen LogP contribution in [0.2, 0.25) is 5.02 Å². The first-order valence-corrected chi connectivity index (χ1v) is 10.2. The summed E-state index contributed by atoms with van der Waals surface area (Å²) in [7, 11) is -2.23. The number of benzene rings is 1. The highest BCUT2D eigenvalue weighted by molar-refractivity contribution is 7.92. The Kier molecular flexibility index (Phi) is 6.53. The van der Waals surface area contributed by atoms with Crippen molar-refractivity contribution < 1.29 is 22.7 Å². The van der Waals surface area contributed by atoms with Gasteiger partial charge in [0.05, 0.1) is 30.2 Å². The summed E-state index contributed by atoms with van der Waals surface area (Å²) in [6, 6.07) is 3.65. The Morgan fingerprint density at radius 2 is 2.24 bits per heavy atom. The highest BCUT2D eigenvalue weighted by Gasteiger charge is 2.30. The molecule has 1 amide bonds. The molecule has 1 aliphatic heterocycles. The number of amides is 1. The van der Waals surface area contributed by atoms with Crippen molar-refractivity contribution >= 4 is 33.2 Å². The summed E-state index contributed by atoms with van der Waals surface area (Å²) in [6.07, 6.45) is 2.89. The lowest BCUT2D eigenvalue weighted by Crippen LogP contribution is -2.49. The minimum absolute atomic E-state index is 0.0155. The quantitative estimate of drug-likeness (QED) is 0.767. The molecular formula is C16H23ClN2O5S. The second-order valence-electron chi connectivity index (χ2n) is 5.93. The van der Waals surface area contributed by atoms with Crippen LogP contribution < -0.4 is 14.4 Å². The predicted octanol–water partition coefficient (Wildman–Crippen LogP) is 1.80. The van der Waals surface area contributed by atoms with E-state index in [4.69, 9.17) is 21.1 Å². The molecule has 140 valence electrons. The van der Waals surface area contributed by atoms with Gasteiger partial charge in [-0.2, -0.15) is 0 Å². The van der Waals surface area contributed by atoms with Gasteiger partial charge in [-0.3, -0.25) is 9.10 Å². The number of ether oxygens (including phenoxy) is 2. The minimum atomic E-state index is -3.69. The molecule has 1 fully saturated rings. The Morgan fingerprint density at radius 3 is 2.76 bits per heavy atom. The van der Waals surface area contributed by atoms with Gasteiger partial charge in [0.25, 0.3) is 0 Å². The maximum absolute atomic E-state index is 12.4. The number of nitrogens with one attached hydrogen (secondary N) is 1. The second-order valence-corrected chi connectivity index (χ2v) is 8.20. The van der Waals surface area contributed by atoms with Crippen LogP contribution in [0.1, 0.15) is 19.8 Å². The Balaban J connectivity index is 2.18. The van der Waals surface area contributed by atoms with Gasteiger partial charge in [0.15, 0.2) is 0 Å². The molecule has 7 nitrogen and oxygen atoms in total. The largest absolute Gasteiger partial charge is 0.495 e. The summed E-state index contributed by atoms with van der Waals surface area (Å²) < 4.78 is 36.1. The van der Waals surface area contributed by atoms with Crippen molar-refractivity contribution in [3.63, 3.8) is 0 Å². The van der Waals surface area contributed by atoms with E-state index in [2.05, 4.69) is 5.32 Å². The number of carbonyl (C=O) groups excluding carboxylic acids is 1. The summed E-state index contributed by atoms with van der Waals surface area (Å²) in [4.78, 5) is 12.4. The lowest BCUT2D eigenvalue weighted by molar-refractivity contribution is -0.122. The lowest BCUT2D eigenvalue weighted by atomic mass is 10.2. The Bertz CT molecular complexity index is 719. The van der Waals surface area contributed by atoms with Crippen molar-refractivity contribution in [1.29, 1.82) is 0 Å². The molecule has 0 radical (unpaired) electrons. The Hall–Kier alpha value is -1.51. The topological polar surface area (TPSA) is 84.9 Å². The zero-order chi connectivity index (χ0) is 18.6. The monoisotopic (exact) mass is 390 g/mol. The smallest absolute Gasteiger partial charge is 0.243 e.